The van der Waals surface area contributed by atoms with Crippen molar-refractivity contribution in [3.05, 3.63) is 0 Å². The second kappa shape index (κ2) is 2.62. The van der Waals surface area contributed by atoms with Crippen molar-refractivity contribution >= 4 is 5.78 Å². The first kappa shape index (κ1) is 7.86. The Balaban J connectivity index is 2.10. The number of carbonyl (C=O) groups excluding carboxylic acids is 1. The summed E-state index contributed by atoms with van der Waals surface area (Å²) in [6, 6.07) is 0. The summed E-state index contributed by atoms with van der Waals surface area (Å²) in [5, 5.41) is 0. The molecule has 2 aliphatic rings. The van der Waals surface area contributed by atoms with E-state index in [1.54, 1.807) is 0 Å². The van der Waals surface area contributed by atoms with E-state index >= 15 is 0 Å². The molecular weight excluding hydrogens is 148 g/mol. The summed E-state index contributed by atoms with van der Waals surface area (Å²) in [4.78, 5) is 11.7. The van der Waals surface area contributed by atoms with Gasteiger partial charge in [-0.1, -0.05) is 25.7 Å². The van der Waals surface area contributed by atoms with Gasteiger partial charge in [0.15, 0.2) is 0 Å². The van der Waals surface area contributed by atoms with Gasteiger partial charge in [0.1, 0.15) is 5.78 Å². The van der Waals surface area contributed by atoms with Crippen LogP contribution in [0.2, 0.25) is 0 Å². The molecule has 0 spiro atoms. The van der Waals surface area contributed by atoms with E-state index in [-0.39, 0.29) is 11.8 Å². The summed E-state index contributed by atoms with van der Waals surface area (Å²) >= 11 is 0. The Kier molecular flexibility index (Phi) is 1.72. The summed E-state index contributed by atoms with van der Waals surface area (Å²) in [5.74, 6) is 8.19. The van der Waals surface area contributed by atoms with E-state index in [9.17, 15) is 4.79 Å². The molecule has 0 N–H and O–H groups in total. The lowest BCUT2D eigenvalue weighted by molar-refractivity contribution is -0.126. The molecule has 0 amide bonds. The van der Waals surface area contributed by atoms with Gasteiger partial charge in [0.05, 0.1) is 0 Å². The average molecular weight is 162 g/mol. The number of fused-ring (bicyclic) bond motifs is 2. The van der Waals surface area contributed by atoms with Gasteiger partial charge in [-0.2, -0.15) is 0 Å². The first-order valence-corrected chi connectivity index (χ1v) is 4.73. The molecule has 3 unspecified atom stereocenters. The molecule has 1 saturated carbocycles. The van der Waals surface area contributed by atoms with Gasteiger partial charge in [0, 0.05) is 23.7 Å². The molecule has 2 rings (SSSR count). The predicted octanol–water partition coefficient (Wildman–Crippen LogP) is 1.87. The van der Waals surface area contributed by atoms with E-state index in [0.29, 0.717) is 17.6 Å². The average Bonchev–Trinajstić information content (AvgIpc) is 2.62. The third-order valence-electron chi connectivity index (χ3n) is 2.97. The predicted molar refractivity (Wildman–Crippen MR) is 47.3 cm³/mol. The second-order valence-electron chi connectivity index (χ2n) is 4.23. The van der Waals surface area contributed by atoms with Gasteiger partial charge in [-0.25, -0.2) is 0 Å². The fraction of sp³-hybridized carbons (Fsp3) is 0.727. The molecule has 1 fully saturated rings. The molecule has 3 atom stereocenters. The highest BCUT2D eigenvalue weighted by molar-refractivity contribution is 5.84. The fourth-order valence-electron chi connectivity index (χ4n) is 2.28. The van der Waals surface area contributed by atoms with Crippen LogP contribution in [0.3, 0.4) is 0 Å². The van der Waals surface area contributed by atoms with Crippen LogP contribution in [-0.4, -0.2) is 5.78 Å². The minimum atomic E-state index is 0.191. The van der Waals surface area contributed by atoms with Crippen LogP contribution >= 0.6 is 0 Å². The van der Waals surface area contributed by atoms with Crippen LogP contribution in [0.1, 0.15) is 26.7 Å². The number of hydrogen-bond donors (Lipinski definition) is 0. The van der Waals surface area contributed by atoms with E-state index in [2.05, 4.69) is 11.8 Å². The van der Waals surface area contributed by atoms with Gasteiger partial charge < -0.3 is 0 Å². The Morgan fingerprint density at radius 2 is 2.08 bits per heavy atom. The third kappa shape index (κ3) is 1.06. The SMILES string of the molecule is CC(C)C(=O)C1CC2C#CC1C2. The van der Waals surface area contributed by atoms with Gasteiger partial charge in [-0.05, 0) is 12.8 Å². The maximum atomic E-state index is 11.7. The highest BCUT2D eigenvalue weighted by Crippen LogP contribution is 2.41. The second-order valence-corrected chi connectivity index (χ2v) is 4.23. The van der Waals surface area contributed by atoms with Gasteiger partial charge in [0.2, 0.25) is 0 Å². The lowest BCUT2D eigenvalue weighted by Crippen LogP contribution is -2.23. The largest absolute Gasteiger partial charge is 0.299 e. The lowest BCUT2D eigenvalue weighted by Gasteiger charge is -2.16. The van der Waals surface area contributed by atoms with Gasteiger partial charge in [-0.15, -0.1) is 0 Å². The van der Waals surface area contributed by atoms with Crippen LogP contribution in [0.25, 0.3) is 0 Å². The third-order valence-corrected chi connectivity index (χ3v) is 2.97. The summed E-state index contributed by atoms with van der Waals surface area (Å²) in [5.41, 5.74) is 0. The number of carbonyl (C=O) groups is 1. The van der Waals surface area contributed by atoms with Crippen LogP contribution in [0.5, 0.6) is 0 Å². The Bertz CT molecular complexity index is 266. The molecule has 0 aliphatic heterocycles. The minimum absolute atomic E-state index is 0.191. The molecule has 0 aromatic rings. The highest BCUT2D eigenvalue weighted by Gasteiger charge is 2.40. The molecule has 0 aromatic carbocycles. The highest BCUT2D eigenvalue weighted by atomic mass is 16.1. The molecule has 64 valence electrons. The van der Waals surface area contributed by atoms with E-state index < -0.39 is 0 Å². The molecular formula is C11H14O. The van der Waals surface area contributed by atoms with Crippen molar-refractivity contribution in [1.82, 2.24) is 0 Å². The number of rotatable bonds is 2. The van der Waals surface area contributed by atoms with Gasteiger partial charge in [-0.3, -0.25) is 4.79 Å². The lowest BCUT2D eigenvalue weighted by atomic mass is 9.86. The van der Waals surface area contributed by atoms with Crippen molar-refractivity contribution in [1.29, 1.82) is 0 Å². The Labute approximate surface area is 73.5 Å². The zero-order valence-electron chi connectivity index (χ0n) is 7.63. The van der Waals surface area contributed by atoms with Crippen molar-refractivity contribution in [2.24, 2.45) is 23.7 Å². The van der Waals surface area contributed by atoms with Crippen LogP contribution in [-0.2, 0) is 4.79 Å². The fourth-order valence-corrected chi connectivity index (χ4v) is 2.28. The zero-order valence-corrected chi connectivity index (χ0v) is 7.63. The Hall–Kier alpha value is -0.770. The molecule has 0 radical (unpaired) electrons. The summed E-state index contributed by atoms with van der Waals surface area (Å²) in [7, 11) is 0. The molecule has 0 saturated heterocycles. The first-order valence-electron chi connectivity index (χ1n) is 4.73. The molecule has 1 nitrogen and oxygen atoms in total. The van der Waals surface area contributed by atoms with Crippen molar-refractivity contribution in [2.75, 3.05) is 0 Å². The molecule has 12 heavy (non-hydrogen) atoms. The van der Waals surface area contributed by atoms with Crippen LogP contribution in [0, 0.1) is 35.5 Å². The maximum absolute atomic E-state index is 11.7. The van der Waals surface area contributed by atoms with Crippen LogP contribution in [0.4, 0.5) is 0 Å². The smallest absolute Gasteiger partial charge is 0.139 e. The summed E-state index contributed by atoms with van der Waals surface area (Å²) < 4.78 is 0. The normalized spacial score (nSPS) is 36.8. The maximum Gasteiger partial charge on any atom is 0.139 e. The standard InChI is InChI=1S/C11H14O/c1-7(2)11(12)10-6-8-3-4-9(10)5-8/h7-10H,5-6H2,1-2H3. The van der Waals surface area contributed by atoms with Crippen LogP contribution < -0.4 is 0 Å². The molecule has 0 heterocycles. The van der Waals surface area contributed by atoms with Crippen molar-refractivity contribution in [2.45, 2.75) is 26.7 Å². The molecule has 0 aromatic heterocycles. The quantitative estimate of drug-likeness (QED) is 0.566. The zero-order chi connectivity index (χ0) is 8.72. The van der Waals surface area contributed by atoms with E-state index in [1.165, 1.54) is 0 Å². The van der Waals surface area contributed by atoms with E-state index in [1.807, 2.05) is 13.8 Å². The van der Waals surface area contributed by atoms with E-state index in [4.69, 9.17) is 0 Å². The number of hydrogen-bond acceptors (Lipinski definition) is 1. The minimum Gasteiger partial charge on any atom is -0.299 e. The van der Waals surface area contributed by atoms with E-state index in [0.717, 1.165) is 12.8 Å². The number of Topliss-reactive ketones (excluding diaryl/α,β-unsaturated/α-hetero) is 1. The van der Waals surface area contributed by atoms with Crippen LogP contribution in [0.15, 0.2) is 0 Å². The topological polar surface area (TPSA) is 17.1 Å². The Morgan fingerprint density at radius 1 is 1.33 bits per heavy atom. The van der Waals surface area contributed by atoms with Crippen molar-refractivity contribution < 1.29 is 4.79 Å². The summed E-state index contributed by atoms with van der Waals surface area (Å²) in [6.45, 7) is 3.98. The number of ketones is 1. The Morgan fingerprint density at radius 3 is 2.50 bits per heavy atom. The van der Waals surface area contributed by atoms with Crippen molar-refractivity contribution in [3.8, 4) is 11.8 Å². The monoisotopic (exact) mass is 162 g/mol. The first-order chi connectivity index (χ1) is 5.68. The molecule has 1 heteroatoms. The molecule has 2 aliphatic carbocycles. The van der Waals surface area contributed by atoms with Crippen molar-refractivity contribution in [3.63, 3.8) is 0 Å². The van der Waals surface area contributed by atoms with Gasteiger partial charge >= 0.3 is 0 Å². The molecule has 2 bridgehead atoms. The van der Waals surface area contributed by atoms with Gasteiger partial charge in [0.25, 0.3) is 0 Å². The summed E-state index contributed by atoms with van der Waals surface area (Å²) in [6.07, 6.45) is 2.16.